The number of hydrogen-bond acceptors (Lipinski definition) is 2. The minimum absolute atomic E-state index is 0.217. The van der Waals surface area contributed by atoms with Crippen LogP contribution in [-0.2, 0) is 10.8 Å². The summed E-state index contributed by atoms with van der Waals surface area (Å²) in [5, 5.41) is 4.40. The highest BCUT2D eigenvalue weighted by Crippen LogP contribution is 2.34. The van der Waals surface area contributed by atoms with E-state index in [2.05, 4.69) is 19.2 Å². The van der Waals surface area contributed by atoms with Crippen LogP contribution < -0.4 is 5.32 Å². The Hall–Kier alpha value is -0.380. The number of halogens is 1. The van der Waals surface area contributed by atoms with Crippen LogP contribution in [0.2, 0.25) is 5.02 Å². The molecule has 4 atom stereocenters. The van der Waals surface area contributed by atoms with Crippen LogP contribution in [0.15, 0.2) is 29.2 Å². The van der Waals surface area contributed by atoms with Crippen molar-refractivity contribution < 1.29 is 4.21 Å². The van der Waals surface area contributed by atoms with Crippen molar-refractivity contribution in [1.29, 1.82) is 0 Å². The molecule has 1 aromatic rings. The van der Waals surface area contributed by atoms with Crippen molar-refractivity contribution in [2.45, 2.75) is 49.3 Å². The standard InChI is InChI=1S/C15H22ClNOS/c1-3-10-17-13-8-9-14(11(13)2)19(18)15-7-5-4-6-12(15)16/h4-7,11,13-14,17H,3,8-10H2,1-2H3. The molecule has 1 aromatic carbocycles. The van der Waals surface area contributed by atoms with Gasteiger partial charge in [0.1, 0.15) is 0 Å². The van der Waals surface area contributed by atoms with Gasteiger partial charge in [-0.2, -0.15) is 0 Å². The van der Waals surface area contributed by atoms with Gasteiger partial charge in [0.2, 0.25) is 0 Å². The molecule has 1 saturated carbocycles. The fraction of sp³-hybridized carbons (Fsp3) is 0.600. The van der Waals surface area contributed by atoms with Crippen molar-refractivity contribution in [3.8, 4) is 0 Å². The van der Waals surface area contributed by atoms with E-state index in [9.17, 15) is 4.21 Å². The molecule has 1 N–H and O–H groups in total. The Morgan fingerprint density at radius 2 is 2.11 bits per heavy atom. The largest absolute Gasteiger partial charge is 0.314 e. The van der Waals surface area contributed by atoms with Gasteiger partial charge in [-0.05, 0) is 43.9 Å². The minimum atomic E-state index is -0.999. The smallest absolute Gasteiger partial charge is 0.0579 e. The van der Waals surface area contributed by atoms with E-state index < -0.39 is 10.8 Å². The molecule has 2 nitrogen and oxygen atoms in total. The quantitative estimate of drug-likeness (QED) is 0.900. The van der Waals surface area contributed by atoms with Crippen LogP contribution in [0, 0.1) is 5.92 Å². The van der Waals surface area contributed by atoms with Crippen LogP contribution in [0.4, 0.5) is 0 Å². The zero-order valence-corrected chi connectivity index (χ0v) is 13.1. The van der Waals surface area contributed by atoms with Crippen molar-refractivity contribution in [3.05, 3.63) is 29.3 Å². The Morgan fingerprint density at radius 3 is 2.79 bits per heavy atom. The highest BCUT2D eigenvalue weighted by Gasteiger charge is 2.36. The lowest BCUT2D eigenvalue weighted by atomic mass is 10.1. The number of hydrogen-bond donors (Lipinski definition) is 1. The molecule has 0 radical (unpaired) electrons. The molecule has 0 aromatic heterocycles. The molecule has 0 heterocycles. The van der Waals surface area contributed by atoms with Gasteiger partial charge >= 0.3 is 0 Å². The molecule has 0 saturated heterocycles. The zero-order valence-electron chi connectivity index (χ0n) is 11.6. The van der Waals surface area contributed by atoms with Gasteiger partial charge in [-0.15, -0.1) is 0 Å². The molecular formula is C15H22ClNOS. The molecule has 4 heteroatoms. The molecular weight excluding hydrogens is 278 g/mol. The first-order chi connectivity index (χ1) is 9.15. The Labute approximate surface area is 123 Å². The third kappa shape index (κ3) is 3.39. The highest BCUT2D eigenvalue weighted by atomic mass is 35.5. The first-order valence-electron chi connectivity index (χ1n) is 7.03. The fourth-order valence-electron chi connectivity index (χ4n) is 2.82. The van der Waals surface area contributed by atoms with Gasteiger partial charge in [-0.25, -0.2) is 0 Å². The second-order valence-electron chi connectivity index (χ2n) is 5.26. The van der Waals surface area contributed by atoms with E-state index in [-0.39, 0.29) is 5.25 Å². The summed E-state index contributed by atoms with van der Waals surface area (Å²) in [6.45, 7) is 5.42. The van der Waals surface area contributed by atoms with Crippen LogP contribution in [0.25, 0.3) is 0 Å². The highest BCUT2D eigenvalue weighted by molar-refractivity contribution is 7.85. The summed E-state index contributed by atoms with van der Waals surface area (Å²) in [4.78, 5) is 0.789. The average Bonchev–Trinajstić information content (AvgIpc) is 2.77. The van der Waals surface area contributed by atoms with Crippen LogP contribution in [0.3, 0.4) is 0 Å². The van der Waals surface area contributed by atoms with Gasteiger partial charge in [0.15, 0.2) is 0 Å². The summed E-state index contributed by atoms with van der Waals surface area (Å²) in [5.41, 5.74) is 0. The minimum Gasteiger partial charge on any atom is -0.314 e. The summed E-state index contributed by atoms with van der Waals surface area (Å²) in [5.74, 6) is 0.434. The molecule has 0 bridgehead atoms. The molecule has 0 aliphatic heterocycles. The average molecular weight is 300 g/mol. The van der Waals surface area contributed by atoms with Gasteiger partial charge in [0, 0.05) is 11.3 Å². The van der Waals surface area contributed by atoms with Crippen LogP contribution in [0.5, 0.6) is 0 Å². The van der Waals surface area contributed by atoms with E-state index in [4.69, 9.17) is 11.6 Å². The third-order valence-corrected chi connectivity index (χ3v) is 6.41. The second kappa shape index (κ2) is 6.87. The molecule has 19 heavy (non-hydrogen) atoms. The molecule has 4 unspecified atom stereocenters. The van der Waals surface area contributed by atoms with Crippen molar-refractivity contribution in [1.82, 2.24) is 5.32 Å². The van der Waals surface area contributed by atoms with Crippen LogP contribution in [0.1, 0.15) is 33.1 Å². The summed E-state index contributed by atoms with van der Waals surface area (Å²) in [6.07, 6.45) is 3.27. The van der Waals surface area contributed by atoms with Crippen molar-refractivity contribution in [3.63, 3.8) is 0 Å². The van der Waals surface area contributed by atoms with Gasteiger partial charge in [0.25, 0.3) is 0 Å². The Bertz CT molecular complexity index is 452. The lowest BCUT2D eigenvalue weighted by Gasteiger charge is -2.21. The van der Waals surface area contributed by atoms with Crippen LogP contribution >= 0.6 is 11.6 Å². The number of rotatable bonds is 5. The molecule has 1 fully saturated rings. The maximum Gasteiger partial charge on any atom is 0.0579 e. The molecule has 1 aliphatic rings. The normalized spacial score (nSPS) is 28.5. The first kappa shape index (κ1) is 15.0. The monoisotopic (exact) mass is 299 g/mol. The Kier molecular flexibility index (Phi) is 5.43. The van der Waals surface area contributed by atoms with Crippen molar-refractivity contribution in [2.75, 3.05) is 6.54 Å². The third-order valence-electron chi connectivity index (χ3n) is 3.97. The Balaban J connectivity index is 2.07. The molecule has 106 valence electrons. The summed E-state index contributed by atoms with van der Waals surface area (Å²) >= 11 is 6.16. The van der Waals surface area contributed by atoms with E-state index in [1.807, 2.05) is 24.3 Å². The first-order valence-corrected chi connectivity index (χ1v) is 8.62. The van der Waals surface area contributed by atoms with Crippen molar-refractivity contribution in [2.24, 2.45) is 5.92 Å². The van der Waals surface area contributed by atoms with E-state index in [1.165, 1.54) is 0 Å². The van der Waals surface area contributed by atoms with Gasteiger partial charge in [0.05, 0.1) is 20.7 Å². The summed E-state index contributed by atoms with van der Waals surface area (Å²) < 4.78 is 12.7. The fourth-order valence-corrected chi connectivity index (χ4v) is 4.91. The van der Waals surface area contributed by atoms with Gasteiger partial charge < -0.3 is 5.32 Å². The molecule has 1 aliphatic carbocycles. The molecule has 0 amide bonds. The zero-order chi connectivity index (χ0) is 13.8. The lowest BCUT2D eigenvalue weighted by molar-refractivity contribution is 0.429. The number of benzene rings is 1. The van der Waals surface area contributed by atoms with Crippen LogP contribution in [-0.4, -0.2) is 22.0 Å². The molecule has 2 rings (SSSR count). The second-order valence-corrected chi connectivity index (χ2v) is 7.31. The number of nitrogens with one attached hydrogen (secondary N) is 1. The maximum absolute atomic E-state index is 12.7. The molecule has 0 spiro atoms. The topological polar surface area (TPSA) is 29.1 Å². The predicted octanol–water partition coefficient (Wildman–Crippen LogP) is 3.61. The summed E-state index contributed by atoms with van der Waals surface area (Å²) in [6, 6.07) is 7.99. The van der Waals surface area contributed by atoms with E-state index in [1.54, 1.807) is 0 Å². The summed E-state index contributed by atoms with van der Waals surface area (Å²) in [7, 11) is -0.999. The van der Waals surface area contributed by atoms with Gasteiger partial charge in [-0.3, -0.25) is 4.21 Å². The van der Waals surface area contributed by atoms with E-state index >= 15 is 0 Å². The van der Waals surface area contributed by atoms with E-state index in [0.717, 1.165) is 30.7 Å². The van der Waals surface area contributed by atoms with E-state index in [0.29, 0.717) is 17.0 Å². The lowest BCUT2D eigenvalue weighted by Crippen LogP contribution is -2.35. The van der Waals surface area contributed by atoms with Crippen molar-refractivity contribution >= 4 is 22.4 Å². The van der Waals surface area contributed by atoms with Gasteiger partial charge in [-0.1, -0.05) is 37.6 Å². The maximum atomic E-state index is 12.7. The predicted molar refractivity (Wildman–Crippen MR) is 82.1 cm³/mol. The SMILES string of the molecule is CCCNC1CCC(S(=O)c2ccccc2Cl)C1C. The Morgan fingerprint density at radius 1 is 1.37 bits per heavy atom.